The van der Waals surface area contributed by atoms with Crippen molar-refractivity contribution in [3.8, 4) is 44.5 Å². The SMILES string of the molecule is NC(NC(N=Cc1ccccc1)c1cccc(-c2cccc(-c3ccc4c(c3)C3(c5ccccc5-4)c4ccccc4N(c4ccccc4)c4ccccc43)c2)c1)c1ccc(-c2ccccc2)cc1. The maximum atomic E-state index is 6.94. The number of nitrogens with one attached hydrogen (secondary N) is 1. The zero-order valence-corrected chi connectivity index (χ0v) is 37.5. The molecule has 1 aliphatic carbocycles. The smallest absolute Gasteiger partial charge is 0.127 e. The van der Waals surface area contributed by atoms with Crippen LogP contribution in [0.2, 0.25) is 0 Å². The maximum Gasteiger partial charge on any atom is 0.127 e. The number of hydrogen-bond acceptors (Lipinski definition) is 4. The Kier molecular flexibility index (Phi) is 10.5. The number of benzene rings is 10. The molecule has 10 aromatic carbocycles. The largest absolute Gasteiger partial charge is 0.312 e. The standard InChI is InChI=1S/C64H48N4/c65-62(47-36-34-46(35-37-47)45-20-6-2-7-21-45)67-63(66-43-44-18-4-1-5-19-44)52-25-17-24-50(41-52)48-22-16-23-49(40-48)51-38-39-55-54-28-10-11-29-56(54)64(59(55)42-51)57-30-12-14-32-60(57)68(53-26-8-3-9-27-53)61-33-15-13-31-58(61)64/h1-43,62-63,67H,65H2. The first-order valence-electron chi connectivity index (χ1n) is 23.4. The minimum Gasteiger partial charge on any atom is -0.312 e. The van der Waals surface area contributed by atoms with E-state index < -0.39 is 17.7 Å². The number of fused-ring (bicyclic) bond motifs is 9. The van der Waals surface area contributed by atoms with Crippen LogP contribution in [-0.2, 0) is 5.41 Å². The van der Waals surface area contributed by atoms with Crippen molar-refractivity contribution in [2.45, 2.75) is 17.7 Å². The van der Waals surface area contributed by atoms with Gasteiger partial charge < -0.3 is 10.6 Å². The van der Waals surface area contributed by atoms with Crippen molar-refractivity contribution >= 4 is 23.3 Å². The highest BCUT2D eigenvalue weighted by atomic mass is 15.2. The summed E-state index contributed by atoms with van der Waals surface area (Å²) in [7, 11) is 0. The van der Waals surface area contributed by atoms with E-state index in [4.69, 9.17) is 10.7 Å². The summed E-state index contributed by atoms with van der Waals surface area (Å²) in [4.78, 5) is 7.55. The van der Waals surface area contributed by atoms with Crippen LogP contribution in [0.15, 0.2) is 260 Å². The van der Waals surface area contributed by atoms with E-state index >= 15 is 0 Å². The van der Waals surface area contributed by atoms with Crippen LogP contribution in [0.5, 0.6) is 0 Å². The molecule has 10 aromatic rings. The fraction of sp³-hybridized carbons (Fsp3) is 0.0469. The molecule has 3 N–H and O–H groups in total. The number of aliphatic imine (C=N–C) groups is 1. The molecule has 4 heteroatoms. The van der Waals surface area contributed by atoms with Gasteiger partial charge in [-0.05, 0) is 126 Å². The van der Waals surface area contributed by atoms with Crippen molar-refractivity contribution < 1.29 is 0 Å². The molecule has 0 aromatic heterocycles. The van der Waals surface area contributed by atoms with E-state index in [1.165, 1.54) is 55.9 Å². The van der Waals surface area contributed by atoms with E-state index in [-0.39, 0.29) is 0 Å². The quantitative estimate of drug-likeness (QED) is 0.106. The molecular weight excluding hydrogens is 825 g/mol. The molecule has 2 unspecified atom stereocenters. The van der Waals surface area contributed by atoms with Crippen LogP contribution in [0.25, 0.3) is 44.5 Å². The minimum absolute atomic E-state index is 0.407. The lowest BCUT2D eigenvalue weighted by molar-refractivity contribution is 0.467. The van der Waals surface area contributed by atoms with Gasteiger partial charge in [0.15, 0.2) is 0 Å². The van der Waals surface area contributed by atoms with Gasteiger partial charge in [-0.1, -0.05) is 212 Å². The number of nitrogens with two attached hydrogens (primary N) is 1. The first kappa shape index (κ1) is 41.1. The molecule has 68 heavy (non-hydrogen) atoms. The molecule has 1 heterocycles. The van der Waals surface area contributed by atoms with Crippen LogP contribution in [0.4, 0.5) is 17.1 Å². The summed E-state index contributed by atoms with van der Waals surface area (Å²) in [6, 6.07) is 91.6. The van der Waals surface area contributed by atoms with Gasteiger partial charge in [0.2, 0.25) is 0 Å². The first-order chi connectivity index (χ1) is 33.6. The summed E-state index contributed by atoms with van der Waals surface area (Å²) in [5.74, 6) is 0. The van der Waals surface area contributed by atoms with Crippen LogP contribution < -0.4 is 16.0 Å². The van der Waals surface area contributed by atoms with Crippen LogP contribution >= 0.6 is 0 Å². The van der Waals surface area contributed by atoms with Crippen molar-refractivity contribution in [3.63, 3.8) is 0 Å². The van der Waals surface area contributed by atoms with Crippen LogP contribution in [0.1, 0.15) is 51.3 Å². The van der Waals surface area contributed by atoms with Crippen molar-refractivity contribution in [2.24, 2.45) is 10.7 Å². The maximum absolute atomic E-state index is 6.94. The zero-order valence-electron chi connectivity index (χ0n) is 37.5. The summed E-state index contributed by atoms with van der Waals surface area (Å²) in [6.45, 7) is 0. The summed E-state index contributed by atoms with van der Waals surface area (Å²) in [5.41, 5.74) is 27.6. The molecule has 0 amide bonds. The average molecular weight is 873 g/mol. The third-order valence-electron chi connectivity index (χ3n) is 13.8. The topological polar surface area (TPSA) is 53.6 Å². The molecule has 1 spiro atoms. The molecule has 4 nitrogen and oxygen atoms in total. The number of anilines is 3. The Morgan fingerprint density at radius 3 is 1.59 bits per heavy atom. The van der Waals surface area contributed by atoms with Crippen LogP contribution in [0.3, 0.4) is 0 Å². The molecule has 2 aliphatic rings. The van der Waals surface area contributed by atoms with Gasteiger partial charge in [0.25, 0.3) is 0 Å². The summed E-state index contributed by atoms with van der Waals surface area (Å²) in [5, 5.41) is 3.66. The zero-order chi connectivity index (χ0) is 45.4. The van der Waals surface area contributed by atoms with Crippen LogP contribution in [0, 0.1) is 0 Å². The highest BCUT2D eigenvalue weighted by Gasteiger charge is 2.51. The van der Waals surface area contributed by atoms with Crippen molar-refractivity contribution in [2.75, 3.05) is 4.90 Å². The fourth-order valence-electron chi connectivity index (χ4n) is 10.6. The Morgan fingerprint density at radius 2 is 0.897 bits per heavy atom. The summed E-state index contributed by atoms with van der Waals surface area (Å²) < 4.78 is 0. The second-order valence-corrected chi connectivity index (χ2v) is 17.7. The van der Waals surface area contributed by atoms with Gasteiger partial charge >= 0.3 is 0 Å². The highest BCUT2D eigenvalue weighted by molar-refractivity contribution is 5.96. The van der Waals surface area contributed by atoms with Crippen molar-refractivity contribution in [1.29, 1.82) is 0 Å². The molecule has 2 atom stereocenters. The predicted molar refractivity (Wildman–Crippen MR) is 282 cm³/mol. The number of nitrogens with zero attached hydrogens (tertiary/aromatic N) is 2. The molecule has 0 radical (unpaired) electrons. The molecule has 0 saturated carbocycles. The third kappa shape index (κ3) is 7.15. The van der Waals surface area contributed by atoms with Gasteiger partial charge in [0.05, 0.1) is 23.0 Å². The monoisotopic (exact) mass is 872 g/mol. The Bertz CT molecular complexity index is 3410. The molecular formula is C64H48N4. The Labute approximate surface area is 398 Å². The molecule has 12 rings (SSSR count). The van der Waals surface area contributed by atoms with Crippen molar-refractivity contribution in [1.82, 2.24) is 5.32 Å². The Balaban J connectivity index is 0.921. The minimum atomic E-state index is -0.528. The van der Waals surface area contributed by atoms with E-state index in [1.807, 2.05) is 30.5 Å². The van der Waals surface area contributed by atoms with Gasteiger partial charge in [-0.2, -0.15) is 0 Å². The first-order valence-corrected chi connectivity index (χ1v) is 23.4. The predicted octanol–water partition coefficient (Wildman–Crippen LogP) is 15.2. The number of rotatable bonds is 10. The van der Waals surface area contributed by atoms with E-state index in [0.29, 0.717) is 0 Å². The highest BCUT2D eigenvalue weighted by Crippen LogP contribution is 2.63. The van der Waals surface area contributed by atoms with E-state index in [9.17, 15) is 0 Å². The summed E-state index contributed by atoms with van der Waals surface area (Å²) >= 11 is 0. The van der Waals surface area contributed by atoms with Crippen molar-refractivity contribution in [3.05, 3.63) is 294 Å². The molecule has 324 valence electrons. The normalized spacial score (nSPS) is 13.9. The van der Waals surface area contributed by atoms with E-state index in [1.54, 1.807) is 0 Å². The lowest BCUT2D eigenvalue weighted by Gasteiger charge is -2.45. The Hall–Kier alpha value is -8.41. The molecule has 0 bridgehead atoms. The fourth-order valence-corrected chi connectivity index (χ4v) is 10.6. The lowest BCUT2D eigenvalue weighted by atomic mass is 9.64. The second kappa shape index (κ2) is 17.4. The lowest BCUT2D eigenvalue weighted by Crippen LogP contribution is -2.36. The van der Waals surface area contributed by atoms with Crippen LogP contribution in [-0.4, -0.2) is 6.21 Å². The van der Waals surface area contributed by atoms with Gasteiger partial charge in [-0.25, -0.2) is 0 Å². The summed E-state index contributed by atoms with van der Waals surface area (Å²) in [6.07, 6.45) is 1.07. The van der Waals surface area contributed by atoms with Gasteiger partial charge in [-0.15, -0.1) is 0 Å². The molecule has 0 fully saturated rings. The number of hydrogen-bond donors (Lipinski definition) is 2. The Morgan fingerprint density at radius 1 is 0.397 bits per heavy atom. The van der Waals surface area contributed by atoms with E-state index in [0.717, 1.165) is 44.6 Å². The molecule has 0 saturated heterocycles. The van der Waals surface area contributed by atoms with Gasteiger partial charge in [-0.3, -0.25) is 10.3 Å². The average Bonchev–Trinajstić information content (AvgIpc) is 3.70. The third-order valence-corrected chi connectivity index (χ3v) is 13.8. The second-order valence-electron chi connectivity index (χ2n) is 17.7. The van der Waals surface area contributed by atoms with E-state index in [2.05, 4.69) is 241 Å². The number of para-hydroxylation sites is 3. The molecule has 1 aliphatic heterocycles. The van der Waals surface area contributed by atoms with Gasteiger partial charge in [0, 0.05) is 11.9 Å². The van der Waals surface area contributed by atoms with Gasteiger partial charge in [0.1, 0.15) is 6.17 Å².